The fourth-order valence-corrected chi connectivity index (χ4v) is 3.14. The highest BCUT2D eigenvalue weighted by Gasteiger charge is 2.20. The van der Waals surface area contributed by atoms with Crippen molar-refractivity contribution in [2.75, 3.05) is 18.5 Å². The number of nitrogens with one attached hydrogen (secondary N) is 3. The molecule has 0 unspecified atom stereocenters. The number of carbonyl (C=O) groups excluding carboxylic acids is 2. The molecule has 2 aromatic carbocycles. The van der Waals surface area contributed by atoms with Crippen molar-refractivity contribution in [3.8, 4) is 6.07 Å². The highest BCUT2D eigenvalue weighted by molar-refractivity contribution is 6.06. The van der Waals surface area contributed by atoms with Gasteiger partial charge in [-0.05, 0) is 56.3 Å². The maximum atomic E-state index is 12.9. The number of anilines is 1. The normalized spacial score (nSPS) is 10.4. The lowest BCUT2D eigenvalue weighted by Gasteiger charge is -2.21. The number of benzene rings is 2. The van der Waals surface area contributed by atoms with Gasteiger partial charge in [0.1, 0.15) is 5.82 Å². The van der Waals surface area contributed by atoms with Gasteiger partial charge in [-0.2, -0.15) is 5.26 Å². The summed E-state index contributed by atoms with van der Waals surface area (Å²) in [6.45, 7) is 4.01. The van der Waals surface area contributed by atoms with Crippen LogP contribution in [0.1, 0.15) is 42.0 Å². The van der Waals surface area contributed by atoms with Crippen LogP contribution in [0.3, 0.4) is 0 Å². The molecule has 0 aliphatic carbocycles. The van der Waals surface area contributed by atoms with Gasteiger partial charge in [-0.15, -0.1) is 0 Å². The van der Waals surface area contributed by atoms with Crippen molar-refractivity contribution < 1.29 is 14.3 Å². The topological polar surface area (TPSA) is 135 Å². The van der Waals surface area contributed by atoms with Crippen molar-refractivity contribution in [3.63, 3.8) is 0 Å². The van der Waals surface area contributed by atoms with Crippen LogP contribution in [0.5, 0.6) is 0 Å². The van der Waals surface area contributed by atoms with Gasteiger partial charge in [0.25, 0.3) is 5.91 Å². The Morgan fingerprint density at radius 2 is 2.00 bits per heavy atom. The average Bonchev–Trinajstić information content (AvgIpc) is 3.20. The van der Waals surface area contributed by atoms with Crippen LogP contribution in [-0.4, -0.2) is 45.7 Å². The Kier molecular flexibility index (Phi) is 7.18. The zero-order valence-electron chi connectivity index (χ0n) is 17.9. The van der Waals surface area contributed by atoms with Crippen LogP contribution in [0.4, 0.5) is 5.69 Å². The van der Waals surface area contributed by atoms with Gasteiger partial charge in [-0.25, -0.2) is 4.98 Å². The predicted octanol–water partition coefficient (Wildman–Crippen LogP) is 3.44. The Bertz CT molecular complexity index is 1180. The molecule has 3 aromatic rings. The second-order valence-electron chi connectivity index (χ2n) is 7.06. The van der Waals surface area contributed by atoms with Crippen molar-refractivity contribution in [3.05, 3.63) is 59.4 Å². The monoisotopic (exact) mass is 432 g/mol. The second kappa shape index (κ2) is 10.2. The number of fused-ring (bicyclic) bond motifs is 1. The summed E-state index contributed by atoms with van der Waals surface area (Å²) < 4.78 is 4.90. The summed E-state index contributed by atoms with van der Waals surface area (Å²) in [5, 5.41) is 20.0. The van der Waals surface area contributed by atoms with Crippen LogP contribution in [0, 0.1) is 16.7 Å². The van der Waals surface area contributed by atoms with E-state index >= 15 is 0 Å². The van der Waals surface area contributed by atoms with Crippen molar-refractivity contribution in [1.82, 2.24) is 14.9 Å². The third kappa shape index (κ3) is 5.49. The molecular formula is C23H24N6O3. The summed E-state index contributed by atoms with van der Waals surface area (Å²) in [5.41, 5.74) is 3.25. The van der Waals surface area contributed by atoms with Gasteiger partial charge in [-0.3, -0.25) is 19.9 Å². The number of amidine groups is 1. The summed E-state index contributed by atoms with van der Waals surface area (Å²) in [6.07, 6.45) is 0.0211. The molecule has 1 heterocycles. The molecule has 0 saturated heterocycles. The maximum Gasteiger partial charge on any atom is 0.307 e. The number of nitrogens with zero attached hydrogens (tertiary/aromatic N) is 3. The van der Waals surface area contributed by atoms with E-state index in [0.717, 1.165) is 5.69 Å². The first-order valence-electron chi connectivity index (χ1n) is 10.2. The summed E-state index contributed by atoms with van der Waals surface area (Å²) in [7, 11) is 0. The SMILES string of the molecule is CCOC(=O)CCN(C(C)=N)C(=O)c1ccc2nc(CNc3ccc(C#N)cc3)[nH]c2c1. The number of ether oxygens (including phenoxy) is 1. The lowest BCUT2D eigenvalue weighted by Crippen LogP contribution is -2.36. The molecule has 0 bridgehead atoms. The Hall–Kier alpha value is -4.19. The zero-order chi connectivity index (χ0) is 23.1. The predicted molar refractivity (Wildman–Crippen MR) is 120 cm³/mol. The number of aromatic amines is 1. The molecule has 164 valence electrons. The molecule has 0 atom stereocenters. The minimum atomic E-state index is -0.407. The molecule has 32 heavy (non-hydrogen) atoms. The Morgan fingerprint density at radius 1 is 1.25 bits per heavy atom. The van der Waals surface area contributed by atoms with Crippen LogP contribution in [0.15, 0.2) is 42.5 Å². The molecular weight excluding hydrogens is 408 g/mol. The average molecular weight is 432 g/mol. The van der Waals surface area contributed by atoms with Crippen LogP contribution < -0.4 is 5.32 Å². The first-order chi connectivity index (χ1) is 15.4. The van der Waals surface area contributed by atoms with Gasteiger partial charge in [0, 0.05) is 17.8 Å². The van der Waals surface area contributed by atoms with E-state index in [-0.39, 0.29) is 31.3 Å². The number of aromatic nitrogens is 2. The first-order valence-corrected chi connectivity index (χ1v) is 10.2. The summed E-state index contributed by atoms with van der Waals surface area (Å²) in [5.74, 6) is -0.0294. The van der Waals surface area contributed by atoms with E-state index in [9.17, 15) is 9.59 Å². The quantitative estimate of drug-likeness (QED) is 0.283. The number of amides is 1. The van der Waals surface area contributed by atoms with Gasteiger partial charge < -0.3 is 15.0 Å². The summed E-state index contributed by atoms with van der Waals surface area (Å²) >= 11 is 0. The van der Waals surface area contributed by atoms with E-state index in [1.807, 2.05) is 12.1 Å². The Balaban J connectivity index is 1.70. The summed E-state index contributed by atoms with van der Waals surface area (Å²) in [4.78, 5) is 33.5. The molecule has 0 saturated carbocycles. The number of rotatable bonds is 8. The highest BCUT2D eigenvalue weighted by atomic mass is 16.5. The summed E-state index contributed by atoms with van der Waals surface area (Å²) in [6, 6.07) is 14.3. The smallest absolute Gasteiger partial charge is 0.307 e. The molecule has 9 heteroatoms. The van der Waals surface area contributed by atoms with Gasteiger partial charge in [0.2, 0.25) is 0 Å². The number of nitriles is 1. The molecule has 9 nitrogen and oxygen atoms in total. The lowest BCUT2D eigenvalue weighted by atomic mass is 10.1. The van der Waals surface area contributed by atoms with Crippen molar-refractivity contribution >= 4 is 34.4 Å². The number of hydrogen-bond acceptors (Lipinski definition) is 7. The molecule has 1 aromatic heterocycles. The van der Waals surface area contributed by atoms with E-state index in [4.69, 9.17) is 15.4 Å². The third-order valence-electron chi connectivity index (χ3n) is 4.75. The minimum absolute atomic E-state index is 0.0211. The van der Waals surface area contributed by atoms with Crippen LogP contribution in [0.2, 0.25) is 0 Å². The van der Waals surface area contributed by atoms with Gasteiger partial charge in [0.05, 0.1) is 48.1 Å². The molecule has 3 rings (SSSR count). The third-order valence-corrected chi connectivity index (χ3v) is 4.75. The molecule has 0 spiro atoms. The van der Waals surface area contributed by atoms with Gasteiger partial charge >= 0.3 is 5.97 Å². The molecule has 3 N–H and O–H groups in total. The Labute approximate surface area is 185 Å². The number of esters is 1. The number of imidazole rings is 1. The van der Waals surface area contributed by atoms with E-state index in [1.165, 1.54) is 11.8 Å². The van der Waals surface area contributed by atoms with E-state index < -0.39 is 5.97 Å². The number of H-pyrrole nitrogens is 1. The number of hydrogen-bond donors (Lipinski definition) is 3. The molecule has 0 fully saturated rings. The molecule has 0 aliphatic rings. The fraction of sp³-hybridized carbons (Fsp3) is 0.261. The Morgan fingerprint density at radius 3 is 2.66 bits per heavy atom. The second-order valence-corrected chi connectivity index (χ2v) is 7.06. The van der Waals surface area contributed by atoms with E-state index in [2.05, 4.69) is 21.4 Å². The first kappa shape index (κ1) is 22.5. The van der Waals surface area contributed by atoms with Crippen molar-refractivity contribution in [2.24, 2.45) is 0 Å². The van der Waals surface area contributed by atoms with E-state index in [1.54, 1.807) is 37.3 Å². The lowest BCUT2D eigenvalue weighted by molar-refractivity contribution is -0.143. The fourth-order valence-electron chi connectivity index (χ4n) is 3.14. The molecule has 1 amide bonds. The standard InChI is InChI=1S/C23H24N6O3/c1-3-32-22(30)10-11-29(15(2)25)23(31)17-6-9-19-20(12-17)28-21(27-19)14-26-18-7-4-16(13-24)5-8-18/h4-9,12,25-26H,3,10-11,14H2,1-2H3,(H,27,28). The van der Waals surface area contributed by atoms with E-state index in [0.29, 0.717) is 34.5 Å². The maximum absolute atomic E-state index is 12.9. The highest BCUT2D eigenvalue weighted by Crippen LogP contribution is 2.17. The number of carbonyl (C=O) groups is 2. The minimum Gasteiger partial charge on any atom is -0.466 e. The zero-order valence-corrected chi connectivity index (χ0v) is 17.9. The molecule has 0 aliphatic heterocycles. The van der Waals surface area contributed by atoms with Crippen molar-refractivity contribution in [1.29, 1.82) is 10.7 Å². The van der Waals surface area contributed by atoms with Gasteiger partial charge in [-0.1, -0.05) is 0 Å². The van der Waals surface area contributed by atoms with Crippen molar-refractivity contribution in [2.45, 2.75) is 26.8 Å². The molecule has 0 radical (unpaired) electrons. The van der Waals surface area contributed by atoms with Crippen LogP contribution in [-0.2, 0) is 16.1 Å². The van der Waals surface area contributed by atoms with Gasteiger partial charge in [0.15, 0.2) is 0 Å². The van der Waals surface area contributed by atoms with Crippen LogP contribution >= 0.6 is 0 Å². The van der Waals surface area contributed by atoms with Crippen LogP contribution in [0.25, 0.3) is 11.0 Å². The largest absolute Gasteiger partial charge is 0.466 e.